The van der Waals surface area contributed by atoms with E-state index in [2.05, 4.69) is 10.3 Å². The van der Waals surface area contributed by atoms with E-state index in [9.17, 15) is 9.90 Å². The van der Waals surface area contributed by atoms with Gasteiger partial charge in [0, 0.05) is 18.7 Å². The van der Waals surface area contributed by atoms with E-state index in [1.54, 1.807) is 6.20 Å². The minimum atomic E-state index is -0.409. The summed E-state index contributed by atoms with van der Waals surface area (Å²) in [6.45, 7) is 0.728. The summed E-state index contributed by atoms with van der Waals surface area (Å²) in [5, 5.41) is 14.8. The first-order valence-electron chi connectivity index (χ1n) is 11.0. The van der Waals surface area contributed by atoms with Crippen LogP contribution in [-0.4, -0.2) is 39.4 Å². The largest absolute Gasteiger partial charge is 0.390 e. The summed E-state index contributed by atoms with van der Waals surface area (Å²) in [5.41, 5.74) is 1.22. The zero-order chi connectivity index (χ0) is 19.3. The summed E-state index contributed by atoms with van der Waals surface area (Å²) < 4.78 is 0. The molecule has 4 bridgehead atoms. The fourth-order valence-electron chi connectivity index (χ4n) is 6.89. The van der Waals surface area contributed by atoms with E-state index in [-0.39, 0.29) is 5.91 Å². The van der Waals surface area contributed by atoms with Gasteiger partial charge >= 0.3 is 0 Å². The molecule has 152 valence electrons. The standard InChI is InChI=1S/C22H31N3O2S/c1-28-21-24-12-18(19(25-21)14-4-2-3-5-14)20(26)23-11-17-15-6-13-7-16(17)10-22(27,8-13)9-15/h12-17,27H,2-11H2,1H3,(H,23,26). The van der Waals surface area contributed by atoms with Crippen LogP contribution in [0.1, 0.15) is 79.8 Å². The Morgan fingerprint density at radius 2 is 1.96 bits per heavy atom. The number of aliphatic hydroxyl groups is 1. The Bertz CT molecular complexity index is 748. The maximum Gasteiger partial charge on any atom is 0.254 e. The zero-order valence-electron chi connectivity index (χ0n) is 16.7. The normalized spacial score (nSPS) is 36.8. The Kier molecular flexibility index (Phi) is 4.90. The summed E-state index contributed by atoms with van der Waals surface area (Å²) in [6, 6.07) is 0. The maximum absolute atomic E-state index is 13.1. The average molecular weight is 402 g/mol. The highest BCUT2D eigenvalue weighted by Crippen LogP contribution is 2.58. The van der Waals surface area contributed by atoms with Gasteiger partial charge in [-0.3, -0.25) is 4.79 Å². The third kappa shape index (κ3) is 3.36. The molecule has 5 fully saturated rings. The van der Waals surface area contributed by atoms with Gasteiger partial charge in [0.25, 0.3) is 5.91 Å². The Morgan fingerprint density at radius 3 is 2.61 bits per heavy atom. The van der Waals surface area contributed by atoms with Crippen molar-refractivity contribution in [3.05, 3.63) is 17.5 Å². The number of carbonyl (C=O) groups is 1. The van der Waals surface area contributed by atoms with Gasteiger partial charge in [-0.1, -0.05) is 24.6 Å². The zero-order valence-corrected chi connectivity index (χ0v) is 17.5. The van der Waals surface area contributed by atoms with Crippen LogP contribution in [0.3, 0.4) is 0 Å². The Hall–Kier alpha value is -1.14. The van der Waals surface area contributed by atoms with E-state index >= 15 is 0 Å². The molecule has 0 spiro atoms. The van der Waals surface area contributed by atoms with Crippen LogP contribution >= 0.6 is 11.8 Å². The van der Waals surface area contributed by atoms with Crippen LogP contribution < -0.4 is 5.32 Å². The van der Waals surface area contributed by atoms with E-state index in [1.165, 1.54) is 37.4 Å². The number of thioether (sulfide) groups is 1. The highest BCUT2D eigenvalue weighted by atomic mass is 32.2. The average Bonchev–Trinajstić information content (AvgIpc) is 3.20. The summed E-state index contributed by atoms with van der Waals surface area (Å²) in [7, 11) is 0. The minimum Gasteiger partial charge on any atom is -0.390 e. The first-order chi connectivity index (χ1) is 13.5. The van der Waals surface area contributed by atoms with Crippen LogP contribution in [-0.2, 0) is 0 Å². The van der Waals surface area contributed by atoms with E-state index in [1.807, 2.05) is 6.26 Å². The Morgan fingerprint density at radius 1 is 1.25 bits per heavy atom. The first-order valence-corrected chi connectivity index (χ1v) is 12.2. The first kappa shape index (κ1) is 18.9. The van der Waals surface area contributed by atoms with Gasteiger partial charge in [0.05, 0.1) is 16.9 Å². The molecule has 6 heteroatoms. The van der Waals surface area contributed by atoms with Crippen molar-refractivity contribution in [2.45, 2.75) is 74.5 Å². The van der Waals surface area contributed by atoms with E-state index in [0.29, 0.717) is 35.2 Å². The van der Waals surface area contributed by atoms with Gasteiger partial charge in [-0.2, -0.15) is 0 Å². The second-order valence-electron chi connectivity index (χ2n) is 9.71. The van der Waals surface area contributed by atoms with E-state index in [4.69, 9.17) is 4.98 Å². The van der Waals surface area contributed by atoms with Crippen molar-refractivity contribution in [1.82, 2.24) is 15.3 Å². The van der Waals surface area contributed by atoms with Gasteiger partial charge in [-0.05, 0) is 74.9 Å². The second-order valence-corrected chi connectivity index (χ2v) is 10.5. The predicted molar refractivity (Wildman–Crippen MR) is 109 cm³/mol. The predicted octanol–water partition coefficient (Wildman–Crippen LogP) is 3.77. The van der Waals surface area contributed by atoms with Gasteiger partial charge in [0.1, 0.15) is 0 Å². The molecule has 5 saturated carbocycles. The topological polar surface area (TPSA) is 75.1 Å². The SMILES string of the molecule is CSc1ncc(C(=O)NCC2C3CC4CC2CC(O)(C4)C3)c(C2CCCC2)n1. The molecule has 1 heterocycles. The number of nitrogens with one attached hydrogen (secondary N) is 1. The third-order valence-electron chi connectivity index (χ3n) is 7.90. The number of aromatic nitrogens is 2. The molecule has 1 aromatic rings. The molecule has 2 unspecified atom stereocenters. The molecule has 0 aliphatic heterocycles. The quantitative estimate of drug-likeness (QED) is 0.580. The van der Waals surface area contributed by atoms with Gasteiger partial charge in [0.2, 0.25) is 0 Å². The number of amides is 1. The minimum absolute atomic E-state index is 0.0120. The number of rotatable bonds is 5. The summed E-state index contributed by atoms with van der Waals surface area (Å²) >= 11 is 1.54. The van der Waals surface area contributed by atoms with Crippen LogP contribution in [0.25, 0.3) is 0 Å². The van der Waals surface area contributed by atoms with Crippen molar-refractivity contribution in [3.8, 4) is 0 Å². The summed E-state index contributed by atoms with van der Waals surface area (Å²) in [4.78, 5) is 22.2. The molecule has 1 aromatic heterocycles. The molecule has 28 heavy (non-hydrogen) atoms. The molecule has 0 saturated heterocycles. The van der Waals surface area contributed by atoms with Crippen LogP contribution in [0.15, 0.2) is 11.4 Å². The van der Waals surface area contributed by atoms with Crippen LogP contribution in [0, 0.1) is 23.7 Å². The number of nitrogens with zero attached hydrogens (tertiary/aromatic N) is 2. The lowest BCUT2D eigenvalue weighted by Gasteiger charge is -2.58. The van der Waals surface area contributed by atoms with E-state index < -0.39 is 5.60 Å². The monoisotopic (exact) mass is 401 g/mol. The number of hydrogen-bond acceptors (Lipinski definition) is 5. The van der Waals surface area contributed by atoms with Crippen LogP contribution in [0.5, 0.6) is 0 Å². The fraction of sp³-hybridized carbons (Fsp3) is 0.773. The Balaban J connectivity index is 1.30. The molecule has 2 atom stereocenters. The Labute approximate surface area is 171 Å². The highest BCUT2D eigenvalue weighted by molar-refractivity contribution is 7.98. The third-order valence-corrected chi connectivity index (χ3v) is 8.46. The van der Waals surface area contributed by atoms with Crippen molar-refractivity contribution in [1.29, 1.82) is 0 Å². The fourth-order valence-corrected chi connectivity index (χ4v) is 7.24. The molecule has 0 radical (unpaired) electrons. The molecule has 5 aliphatic rings. The highest BCUT2D eigenvalue weighted by Gasteiger charge is 2.54. The number of hydrogen-bond donors (Lipinski definition) is 2. The summed E-state index contributed by atoms with van der Waals surface area (Å²) in [6.07, 6.45) is 13.7. The lowest BCUT2D eigenvalue weighted by Crippen LogP contribution is -2.56. The molecule has 1 amide bonds. The molecular weight excluding hydrogens is 370 g/mol. The van der Waals surface area contributed by atoms with Crippen molar-refractivity contribution in [2.24, 2.45) is 23.7 Å². The molecule has 5 nitrogen and oxygen atoms in total. The van der Waals surface area contributed by atoms with Crippen molar-refractivity contribution in [3.63, 3.8) is 0 Å². The second kappa shape index (κ2) is 7.28. The lowest BCUT2D eigenvalue weighted by molar-refractivity contribution is -0.150. The van der Waals surface area contributed by atoms with Gasteiger partial charge in [0.15, 0.2) is 5.16 Å². The van der Waals surface area contributed by atoms with Gasteiger partial charge < -0.3 is 10.4 Å². The lowest BCUT2D eigenvalue weighted by atomic mass is 9.50. The van der Waals surface area contributed by atoms with Crippen molar-refractivity contribution >= 4 is 17.7 Å². The van der Waals surface area contributed by atoms with Crippen molar-refractivity contribution < 1.29 is 9.90 Å². The van der Waals surface area contributed by atoms with Gasteiger partial charge in [-0.25, -0.2) is 9.97 Å². The molecular formula is C22H31N3O2S. The van der Waals surface area contributed by atoms with E-state index in [0.717, 1.165) is 49.5 Å². The molecule has 6 rings (SSSR count). The van der Waals surface area contributed by atoms with Crippen LogP contribution in [0.4, 0.5) is 0 Å². The summed E-state index contributed by atoms with van der Waals surface area (Å²) in [5.74, 6) is 2.74. The smallest absolute Gasteiger partial charge is 0.254 e. The van der Waals surface area contributed by atoms with Crippen molar-refractivity contribution in [2.75, 3.05) is 12.8 Å². The molecule has 5 aliphatic carbocycles. The van der Waals surface area contributed by atoms with Crippen LogP contribution in [0.2, 0.25) is 0 Å². The number of carbonyl (C=O) groups excluding carboxylic acids is 1. The van der Waals surface area contributed by atoms with Gasteiger partial charge in [-0.15, -0.1) is 0 Å². The molecule has 2 N–H and O–H groups in total. The maximum atomic E-state index is 13.1. The molecule has 0 aromatic carbocycles.